The van der Waals surface area contributed by atoms with E-state index >= 15 is 4.39 Å². The molecule has 2 aliphatic rings. The Labute approximate surface area is 249 Å². The first-order valence-electron chi connectivity index (χ1n) is 13.5. The molecule has 0 bridgehead atoms. The van der Waals surface area contributed by atoms with Gasteiger partial charge in [0.1, 0.15) is 35.3 Å². The Morgan fingerprint density at radius 2 is 1.90 bits per heavy atom. The number of aromatic carboxylic acids is 1. The van der Waals surface area contributed by atoms with Crippen LogP contribution in [0.25, 0.3) is 11.0 Å². The van der Waals surface area contributed by atoms with Crippen LogP contribution >= 0.6 is 23.2 Å². The summed E-state index contributed by atoms with van der Waals surface area (Å²) in [5.74, 6) is -2.90. The minimum atomic E-state index is -1.34. The Hall–Kier alpha value is -3.31. The molecule has 2 aliphatic heterocycles. The van der Waals surface area contributed by atoms with Crippen LogP contribution in [0.5, 0.6) is 5.75 Å². The van der Waals surface area contributed by atoms with Crippen molar-refractivity contribution in [1.82, 2.24) is 14.5 Å². The van der Waals surface area contributed by atoms with Crippen molar-refractivity contribution < 1.29 is 32.5 Å². The molecule has 7 nitrogen and oxygen atoms in total. The average molecular weight is 620 g/mol. The number of carboxylic acids is 1. The molecule has 0 radical (unpaired) electrons. The van der Waals surface area contributed by atoms with Gasteiger partial charge in [-0.3, -0.25) is 4.90 Å². The molecule has 4 aromatic rings. The predicted molar refractivity (Wildman–Crippen MR) is 151 cm³/mol. The van der Waals surface area contributed by atoms with E-state index in [4.69, 9.17) is 37.7 Å². The SMILES string of the molecule is C[C@H]1c2cc(OCc3c(F)cc(Cl)cc3F)c(Cl)cc2CCN1Cc1nc2ccc(C(=O)O)c(F)c2n1C[C@@H]1CCO1. The van der Waals surface area contributed by atoms with Gasteiger partial charge in [0.15, 0.2) is 5.82 Å². The zero-order valence-electron chi connectivity index (χ0n) is 22.5. The van der Waals surface area contributed by atoms with Crippen molar-refractivity contribution in [3.8, 4) is 5.75 Å². The fourth-order valence-electron chi connectivity index (χ4n) is 5.58. The summed E-state index contributed by atoms with van der Waals surface area (Å²) in [7, 11) is 0. The number of imidazole rings is 1. The van der Waals surface area contributed by atoms with Crippen molar-refractivity contribution in [1.29, 1.82) is 0 Å². The molecule has 12 heteroatoms. The van der Waals surface area contributed by atoms with Crippen LogP contribution in [-0.4, -0.2) is 44.8 Å². The van der Waals surface area contributed by atoms with Crippen LogP contribution in [0.3, 0.4) is 0 Å². The Bertz CT molecular complexity index is 1690. The van der Waals surface area contributed by atoms with Gasteiger partial charge in [0.05, 0.1) is 40.9 Å². The molecule has 42 heavy (non-hydrogen) atoms. The lowest BCUT2D eigenvalue weighted by Gasteiger charge is -2.36. The maximum absolute atomic E-state index is 15.4. The molecule has 0 aliphatic carbocycles. The number of aromatic nitrogens is 2. The summed E-state index contributed by atoms with van der Waals surface area (Å²) in [5, 5.41) is 9.75. The van der Waals surface area contributed by atoms with E-state index in [1.54, 1.807) is 16.7 Å². The van der Waals surface area contributed by atoms with Crippen LogP contribution in [0, 0.1) is 17.5 Å². The van der Waals surface area contributed by atoms with Crippen molar-refractivity contribution >= 4 is 40.2 Å². The fourth-order valence-corrected chi connectivity index (χ4v) is 6.02. The zero-order chi connectivity index (χ0) is 29.7. The molecule has 1 fully saturated rings. The number of hydrogen-bond acceptors (Lipinski definition) is 5. The first-order chi connectivity index (χ1) is 20.1. The third-order valence-corrected chi connectivity index (χ3v) is 8.53. The number of hydrogen-bond donors (Lipinski definition) is 1. The number of fused-ring (bicyclic) bond motifs is 2. The average Bonchev–Trinajstić information content (AvgIpc) is 3.25. The Balaban J connectivity index is 1.28. The van der Waals surface area contributed by atoms with Crippen LogP contribution in [0.15, 0.2) is 36.4 Å². The highest BCUT2D eigenvalue weighted by Gasteiger charge is 2.30. The topological polar surface area (TPSA) is 76.8 Å². The number of carbonyl (C=O) groups is 1. The molecule has 0 saturated carbocycles. The molecule has 1 saturated heterocycles. The largest absolute Gasteiger partial charge is 0.487 e. The second-order valence-corrected chi connectivity index (χ2v) is 11.4. The van der Waals surface area contributed by atoms with E-state index in [9.17, 15) is 18.7 Å². The minimum Gasteiger partial charge on any atom is -0.487 e. The van der Waals surface area contributed by atoms with E-state index in [2.05, 4.69) is 4.90 Å². The highest BCUT2D eigenvalue weighted by atomic mass is 35.5. The smallest absolute Gasteiger partial charge is 0.338 e. The lowest BCUT2D eigenvalue weighted by atomic mass is 9.93. The number of rotatable bonds is 8. The molecule has 0 amide bonds. The van der Waals surface area contributed by atoms with Gasteiger partial charge in [-0.25, -0.2) is 22.9 Å². The molecule has 220 valence electrons. The molecule has 3 heterocycles. The quantitative estimate of drug-likeness (QED) is 0.230. The standard InChI is InChI=1S/C30H26Cl2F3N3O4/c1-15-20-11-26(42-14-21-23(33)9-17(31)10-24(21)34)22(32)8-16(20)4-6-37(15)13-27-36-25-3-2-19(30(39)40)28(35)29(25)38(27)12-18-5-7-41-18/h2-3,8-11,15,18H,4-7,12-14H2,1H3,(H,39,40)/t15-,18-/m0/s1. The molecule has 6 rings (SSSR count). The lowest BCUT2D eigenvalue weighted by Crippen LogP contribution is -2.36. The fraction of sp³-hybridized carbons (Fsp3) is 0.333. The monoisotopic (exact) mass is 619 g/mol. The van der Waals surface area contributed by atoms with Gasteiger partial charge in [0.2, 0.25) is 0 Å². The molecular formula is C30H26Cl2F3N3O4. The van der Waals surface area contributed by atoms with E-state index in [1.165, 1.54) is 12.1 Å². The van der Waals surface area contributed by atoms with Gasteiger partial charge < -0.3 is 19.1 Å². The van der Waals surface area contributed by atoms with Crippen LogP contribution < -0.4 is 4.74 Å². The van der Waals surface area contributed by atoms with Crippen molar-refractivity contribution in [2.24, 2.45) is 0 Å². The van der Waals surface area contributed by atoms with E-state index in [-0.39, 0.29) is 40.6 Å². The summed E-state index contributed by atoms with van der Waals surface area (Å²) in [6.07, 6.45) is 1.38. The molecule has 0 unspecified atom stereocenters. The van der Waals surface area contributed by atoms with Crippen molar-refractivity contribution in [2.75, 3.05) is 13.2 Å². The van der Waals surface area contributed by atoms with Crippen LogP contribution in [-0.2, 0) is 30.9 Å². The summed E-state index contributed by atoms with van der Waals surface area (Å²) >= 11 is 12.2. The summed E-state index contributed by atoms with van der Waals surface area (Å²) < 4.78 is 57.1. The molecule has 1 aromatic heterocycles. The van der Waals surface area contributed by atoms with Gasteiger partial charge in [0, 0.05) is 24.2 Å². The first kappa shape index (κ1) is 28.8. The third-order valence-electron chi connectivity index (χ3n) is 8.02. The van der Waals surface area contributed by atoms with E-state index in [0.29, 0.717) is 49.0 Å². The van der Waals surface area contributed by atoms with Gasteiger partial charge in [-0.05, 0) is 67.3 Å². The summed E-state index contributed by atoms with van der Waals surface area (Å²) in [6.45, 7) is 3.65. The molecule has 0 spiro atoms. The van der Waals surface area contributed by atoms with Crippen molar-refractivity contribution in [3.63, 3.8) is 0 Å². The number of ether oxygens (including phenoxy) is 2. The van der Waals surface area contributed by atoms with Gasteiger partial charge in [-0.1, -0.05) is 23.2 Å². The Morgan fingerprint density at radius 3 is 2.57 bits per heavy atom. The second kappa shape index (κ2) is 11.4. The van der Waals surface area contributed by atoms with Crippen molar-refractivity contribution in [2.45, 2.75) is 51.6 Å². The van der Waals surface area contributed by atoms with Crippen LogP contribution in [0.4, 0.5) is 13.2 Å². The van der Waals surface area contributed by atoms with Gasteiger partial charge >= 0.3 is 5.97 Å². The third kappa shape index (κ3) is 5.32. The van der Waals surface area contributed by atoms with Crippen LogP contribution in [0.2, 0.25) is 10.0 Å². The van der Waals surface area contributed by atoms with Crippen molar-refractivity contribution in [3.05, 3.63) is 92.0 Å². The molecule has 2 atom stereocenters. The predicted octanol–water partition coefficient (Wildman–Crippen LogP) is 6.95. The number of benzene rings is 3. The summed E-state index contributed by atoms with van der Waals surface area (Å²) in [4.78, 5) is 18.5. The summed E-state index contributed by atoms with van der Waals surface area (Å²) in [5.41, 5.74) is 1.81. The lowest BCUT2D eigenvalue weighted by molar-refractivity contribution is -0.0593. The minimum absolute atomic E-state index is 0.0479. The van der Waals surface area contributed by atoms with E-state index in [1.807, 2.05) is 6.92 Å². The van der Waals surface area contributed by atoms with Gasteiger partial charge in [-0.15, -0.1) is 0 Å². The summed E-state index contributed by atoms with van der Waals surface area (Å²) in [6, 6.07) is 8.26. The highest BCUT2D eigenvalue weighted by Crippen LogP contribution is 2.38. The zero-order valence-corrected chi connectivity index (χ0v) is 24.0. The number of carboxylic acid groups (broad SMARTS) is 1. The van der Waals surface area contributed by atoms with Gasteiger partial charge in [-0.2, -0.15) is 0 Å². The molecular weight excluding hydrogens is 594 g/mol. The highest BCUT2D eigenvalue weighted by molar-refractivity contribution is 6.32. The molecule has 1 N–H and O–H groups in total. The second-order valence-electron chi connectivity index (χ2n) is 10.5. The normalized spacial score (nSPS) is 18.6. The van der Waals surface area contributed by atoms with Gasteiger partial charge in [0.25, 0.3) is 0 Å². The van der Waals surface area contributed by atoms with Crippen LogP contribution in [0.1, 0.15) is 52.3 Å². The molecule has 3 aromatic carbocycles. The Morgan fingerprint density at radius 1 is 1.17 bits per heavy atom. The maximum atomic E-state index is 15.4. The Kier molecular flexibility index (Phi) is 7.82. The van der Waals surface area contributed by atoms with E-state index in [0.717, 1.165) is 29.7 Å². The maximum Gasteiger partial charge on any atom is 0.338 e. The number of halogens is 5. The first-order valence-corrected chi connectivity index (χ1v) is 14.2. The number of nitrogens with zero attached hydrogens (tertiary/aromatic N) is 3. The van der Waals surface area contributed by atoms with E-state index < -0.39 is 29.0 Å².